The first kappa shape index (κ1) is 12.0. The van der Waals surface area contributed by atoms with Crippen molar-refractivity contribution in [2.75, 3.05) is 5.73 Å². The Balaban J connectivity index is 2.54. The molecule has 0 bridgehead atoms. The van der Waals surface area contributed by atoms with Crippen molar-refractivity contribution in [3.8, 4) is 0 Å². The van der Waals surface area contributed by atoms with Gasteiger partial charge in [0.25, 0.3) is 5.56 Å². The van der Waals surface area contributed by atoms with Crippen molar-refractivity contribution in [3.63, 3.8) is 0 Å². The zero-order chi connectivity index (χ0) is 13.6. The highest BCUT2D eigenvalue weighted by Gasteiger charge is 2.11. The Bertz CT molecular complexity index is 839. The van der Waals surface area contributed by atoms with Gasteiger partial charge >= 0.3 is 0 Å². The summed E-state index contributed by atoms with van der Waals surface area (Å²) in [7, 11) is 0. The van der Waals surface area contributed by atoms with Gasteiger partial charge in [0.1, 0.15) is 0 Å². The van der Waals surface area contributed by atoms with Crippen LogP contribution < -0.4 is 11.3 Å². The molecule has 3 aromatic rings. The minimum atomic E-state index is -0.310. The molecule has 5 heteroatoms. The van der Waals surface area contributed by atoms with Crippen molar-refractivity contribution < 1.29 is 0 Å². The molecule has 0 unspecified atom stereocenters. The van der Waals surface area contributed by atoms with Gasteiger partial charge < -0.3 is 5.73 Å². The molecule has 0 saturated heterocycles. The molecule has 0 aliphatic rings. The number of pyridine rings is 1. The van der Waals surface area contributed by atoms with Crippen LogP contribution in [0.25, 0.3) is 21.0 Å². The molecule has 19 heavy (non-hydrogen) atoms. The number of fused-ring (bicyclic) bond motifs is 3. The van der Waals surface area contributed by atoms with Gasteiger partial charge in [-0.1, -0.05) is 43.4 Å². The fraction of sp³-hybridized carbons (Fsp3) is 0.214. The van der Waals surface area contributed by atoms with Crippen LogP contribution in [0.4, 0.5) is 5.13 Å². The highest BCUT2D eigenvalue weighted by molar-refractivity contribution is 7.22. The summed E-state index contributed by atoms with van der Waals surface area (Å²) in [5, 5.41) is 1.80. The molecule has 0 fully saturated rings. The van der Waals surface area contributed by atoms with Gasteiger partial charge in [-0.05, 0) is 11.5 Å². The number of rotatable bonds is 1. The number of nitrogens with two attached hydrogens (primary N) is 1. The topological polar surface area (TPSA) is 68.9 Å². The zero-order valence-electron chi connectivity index (χ0n) is 10.7. The Morgan fingerprint density at radius 2 is 2.05 bits per heavy atom. The lowest BCUT2D eigenvalue weighted by molar-refractivity contribution is 0.873. The number of hydrogen-bond acceptors (Lipinski definition) is 5. The molecule has 0 amide bonds. The summed E-state index contributed by atoms with van der Waals surface area (Å²) < 4.78 is 0.866. The van der Waals surface area contributed by atoms with Crippen molar-refractivity contribution in [1.29, 1.82) is 0 Å². The third kappa shape index (κ3) is 1.86. The van der Waals surface area contributed by atoms with Gasteiger partial charge in [0.05, 0.1) is 15.6 Å². The quantitative estimate of drug-likeness (QED) is 0.691. The van der Waals surface area contributed by atoms with E-state index in [4.69, 9.17) is 5.73 Å². The third-order valence-corrected chi connectivity index (χ3v) is 4.09. The van der Waals surface area contributed by atoms with Crippen LogP contribution in [0.2, 0.25) is 0 Å². The first-order valence-corrected chi connectivity index (χ1v) is 6.87. The average molecular weight is 271 g/mol. The van der Waals surface area contributed by atoms with Gasteiger partial charge in [-0.3, -0.25) is 9.78 Å². The van der Waals surface area contributed by atoms with Gasteiger partial charge in [0.2, 0.25) is 0 Å². The fourth-order valence-electron chi connectivity index (χ4n) is 2.24. The number of hydrogen-bond donors (Lipinski definition) is 1. The van der Waals surface area contributed by atoms with Crippen LogP contribution >= 0.6 is 11.3 Å². The smallest absolute Gasteiger partial charge is 0.282 e. The van der Waals surface area contributed by atoms with Crippen molar-refractivity contribution in [3.05, 3.63) is 40.3 Å². The molecule has 0 saturated carbocycles. The average Bonchev–Trinajstić information content (AvgIpc) is 2.37. The molecule has 0 radical (unpaired) electrons. The maximum atomic E-state index is 11.8. The summed E-state index contributed by atoms with van der Waals surface area (Å²) in [4.78, 5) is 20.1. The number of anilines is 1. The minimum absolute atomic E-state index is 0.292. The number of aromatic nitrogens is 2. The predicted octanol–water partition coefficient (Wildman–Crippen LogP) is 2.91. The van der Waals surface area contributed by atoms with Crippen LogP contribution in [-0.4, -0.2) is 9.97 Å². The van der Waals surface area contributed by atoms with E-state index in [2.05, 4.69) is 29.9 Å². The Hall–Kier alpha value is -2.01. The summed E-state index contributed by atoms with van der Waals surface area (Å²) in [5.74, 6) is 0.379. The van der Waals surface area contributed by atoms with Gasteiger partial charge in [-0.25, -0.2) is 0 Å². The van der Waals surface area contributed by atoms with Crippen LogP contribution in [0, 0.1) is 0 Å². The van der Waals surface area contributed by atoms with Crippen LogP contribution in [-0.2, 0) is 0 Å². The van der Waals surface area contributed by atoms with E-state index in [0.717, 1.165) is 15.6 Å². The first-order valence-electron chi connectivity index (χ1n) is 6.06. The van der Waals surface area contributed by atoms with E-state index in [-0.39, 0.29) is 5.56 Å². The second kappa shape index (κ2) is 4.28. The molecule has 0 aliphatic carbocycles. The maximum Gasteiger partial charge on any atom is 0.282 e. The summed E-state index contributed by atoms with van der Waals surface area (Å²) in [6.45, 7) is 4.26. The molecule has 2 heterocycles. The lowest BCUT2D eigenvalue weighted by Crippen LogP contribution is -2.08. The second-order valence-corrected chi connectivity index (χ2v) is 5.79. The Morgan fingerprint density at radius 1 is 1.26 bits per heavy atom. The predicted molar refractivity (Wildman–Crippen MR) is 79.7 cm³/mol. The van der Waals surface area contributed by atoms with Crippen molar-refractivity contribution in [1.82, 2.24) is 9.97 Å². The van der Waals surface area contributed by atoms with Crippen LogP contribution in [0.5, 0.6) is 0 Å². The third-order valence-electron chi connectivity index (χ3n) is 3.15. The van der Waals surface area contributed by atoms with Gasteiger partial charge in [0, 0.05) is 11.6 Å². The molecular weight excluding hydrogens is 258 g/mol. The molecule has 2 N–H and O–H groups in total. The summed E-state index contributed by atoms with van der Waals surface area (Å²) >= 11 is 1.33. The van der Waals surface area contributed by atoms with Crippen LogP contribution in [0.15, 0.2) is 29.2 Å². The lowest BCUT2D eigenvalue weighted by Gasteiger charge is -2.10. The number of para-hydroxylation sites is 1. The van der Waals surface area contributed by atoms with Crippen molar-refractivity contribution in [2.24, 2.45) is 0 Å². The largest absolute Gasteiger partial charge is 0.375 e. The molecule has 3 rings (SSSR count). The normalized spacial score (nSPS) is 11.5. The summed E-state index contributed by atoms with van der Waals surface area (Å²) in [6, 6.07) is 6.04. The highest BCUT2D eigenvalue weighted by atomic mass is 32.1. The van der Waals surface area contributed by atoms with E-state index in [0.29, 0.717) is 16.4 Å². The van der Waals surface area contributed by atoms with Gasteiger partial charge in [0.15, 0.2) is 5.13 Å². The maximum absolute atomic E-state index is 11.8. The monoisotopic (exact) mass is 271 g/mol. The number of benzene rings is 1. The van der Waals surface area contributed by atoms with Crippen molar-refractivity contribution in [2.45, 2.75) is 19.8 Å². The molecule has 1 aromatic carbocycles. The molecule has 2 aromatic heterocycles. The molecule has 0 spiro atoms. The van der Waals surface area contributed by atoms with Gasteiger partial charge in [-0.2, -0.15) is 4.98 Å². The van der Waals surface area contributed by atoms with E-state index in [9.17, 15) is 4.79 Å². The zero-order valence-corrected chi connectivity index (χ0v) is 11.5. The highest BCUT2D eigenvalue weighted by Crippen LogP contribution is 2.30. The number of nitrogens with zero attached hydrogens (tertiary/aromatic N) is 2. The van der Waals surface area contributed by atoms with Crippen molar-refractivity contribution >= 4 is 37.5 Å². The van der Waals surface area contributed by atoms with E-state index in [1.54, 1.807) is 6.20 Å². The molecule has 0 aliphatic heterocycles. The standard InChI is InChI=1S/C14H13N3OS/c1-7(2)8-4-3-5-9-11(8)16-6-10-12(9)19-14(15)17-13(10)18/h3-7H,1-2H3,(H2,15,17,18). The van der Waals surface area contributed by atoms with Gasteiger partial charge in [-0.15, -0.1) is 0 Å². The van der Waals surface area contributed by atoms with E-state index < -0.39 is 0 Å². The summed E-state index contributed by atoms with van der Waals surface area (Å²) in [6.07, 6.45) is 1.61. The lowest BCUT2D eigenvalue weighted by atomic mass is 9.99. The minimum Gasteiger partial charge on any atom is -0.375 e. The Morgan fingerprint density at radius 3 is 2.79 bits per heavy atom. The Kier molecular flexibility index (Phi) is 2.71. The SMILES string of the molecule is CC(C)c1cccc2c1ncc1c(=O)nc(N)sc12. The van der Waals surface area contributed by atoms with E-state index >= 15 is 0 Å². The van der Waals surface area contributed by atoms with Crippen LogP contribution in [0.1, 0.15) is 25.3 Å². The first-order chi connectivity index (χ1) is 9.08. The number of nitrogen functional groups attached to an aromatic ring is 1. The summed E-state index contributed by atoms with van der Waals surface area (Å²) in [5.41, 5.74) is 7.50. The fourth-order valence-corrected chi connectivity index (χ4v) is 3.10. The molecule has 4 nitrogen and oxygen atoms in total. The second-order valence-electron chi connectivity index (χ2n) is 4.76. The molecule has 0 atom stereocenters. The van der Waals surface area contributed by atoms with E-state index in [1.807, 2.05) is 12.1 Å². The molecule has 96 valence electrons. The molecular formula is C14H13N3OS. The van der Waals surface area contributed by atoms with Crippen LogP contribution in [0.3, 0.4) is 0 Å². The Labute approximate surface area is 113 Å². The van der Waals surface area contributed by atoms with E-state index in [1.165, 1.54) is 16.9 Å².